The average Bonchev–Trinajstić information content (AvgIpc) is 2.40. The van der Waals surface area contributed by atoms with Gasteiger partial charge in [-0.15, -0.1) is 0 Å². The first-order valence-electron chi connectivity index (χ1n) is 5.72. The normalized spacial score (nSPS) is 24.4. The van der Waals surface area contributed by atoms with E-state index in [0.717, 1.165) is 0 Å². The summed E-state index contributed by atoms with van der Waals surface area (Å²) >= 11 is 0. The lowest BCUT2D eigenvalue weighted by Crippen LogP contribution is -2.42. The van der Waals surface area contributed by atoms with Crippen LogP contribution >= 0.6 is 0 Å². The van der Waals surface area contributed by atoms with Crippen molar-refractivity contribution >= 4 is 5.91 Å². The molecule has 1 amide bonds. The van der Waals surface area contributed by atoms with Crippen LogP contribution in [0.15, 0.2) is 0 Å². The molecule has 0 aromatic rings. The monoisotopic (exact) mass is 232 g/mol. The summed E-state index contributed by atoms with van der Waals surface area (Å²) in [6, 6.07) is 0. The molecule has 1 aliphatic rings. The Morgan fingerprint density at radius 3 is 2.69 bits per heavy atom. The highest BCUT2D eigenvalue weighted by Crippen LogP contribution is 2.41. The van der Waals surface area contributed by atoms with Crippen molar-refractivity contribution in [3.8, 4) is 0 Å². The molecule has 1 aliphatic carbocycles. The lowest BCUT2D eigenvalue weighted by molar-refractivity contribution is -0.120. The molecule has 16 heavy (non-hydrogen) atoms. The minimum atomic E-state index is -2.48. The molecule has 1 rings (SSSR count). The van der Waals surface area contributed by atoms with Crippen LogP contribution in [0.5, 0.6) is 0 Å². The molecule has 0 aliphatic heterocycles. The molecule has 4 heteroatoms. The fourth-order valence-electron chi connectivity index (χ4n) is 2.30. The van der Waals surface area contributed by atoms with E-state index in [-0.39, 0.29) is 24.7 Å². The molecule has 0 aromatic heterocycles. The van der Waals surface area contributed by atoms with Gasteiger partial charge in [-0.2, -0.15) is 0 Å². The van der Waals surface area contributed by atoms with Gasteiger partial charge < -0.3 is 5.32 Å². The molecular weight excluding hydrogens is 212 g/mol. The second-order valence-corrected chi connectivity index (χ2v) is 5.25. The first-order valence-corrected chi connectivity index (χ1v) is 5.72. The largest absolute Gasteiger partial charge is 0.351 e. The van der Waals surface area contributed by atoms with Crippen molar-refractivity contribution in [2.75, 3.05) is 0 Å². The Kier molecular flexibility index (Phi) is 3.92. The van der Waals surface area contributed by atoms with E-state index in [1.807, 2.05) is 6.92 Å². The molecule has 1 fully saturated rings. The maximum Gasteiger partial charge on any atom is 0.248 e. The van der Waals surface area contributed by atoms with Crippen molar-refractivity contribution in [2.45, 2.75) is 57.4 Å². The van der Waals surface area contributed by atoms with Crippen LogP contribution in [0.3, 0.4) is 0 Å². The summed E-state index contributed by atoms with van der Waals surface area (Å²) in [7, 11) is 0. The van der Waals surface area contributed by atoms with Crippen LogP contribution in [-0.2, 0) is 4.79 Å². The molecule has 93 valence electrons. The molecule has 0 saturated heterocycles. The fourth-order valence-corrected chi connectivity index (χ4v) is 2.30. The zero-order chi connectivity index (χ0) is 12.4. The maximum atomic E-state index is 12.9. The van der Waals surface area contributed by atoms with Gasteiger partial charge in [-0.05, 0) is 39.0 Å². The average molecular weight is 232 g/mol. The number of halogens is 2. The molecule has 0 spiro atoms. The number of carbonyl (C=O) groups is 1. The Morgan fingerprint density at radius 1 is 1.62 bits per heavy atom. The van der Waals surface area contributed by atoms with Gasteiger partial charge in [0.15, 0.2) is 0 Å². The van der Waals surface area contributed by atoms with Gasteiger partial charge in [-0.25, -0.2) is 8.78 Å². The summed E-state index contributed by atoms with van der Waals surface area (Å²) in [5.41, 5.74) is -0.538. The molecule has 2 nitrogen and oxygen atoms in total. The second-order valence-electron chi connectivity index (χ2n) is 5.25. The van der Waals surface area contributed by atoms with Gasteiger partial charge >= 0.3 is 0 Å². The van der Waals surface area contributed by atoms with Crippen molar-refractivity contribution < 1.29 is 13.6 Å². The molecular formula is C12H20F2NO. The summed E-state index contributed by atoms with van der Waals surface area (Å²) in [5, 5.41) is 2.73. The minimum absolute atomic E-state index is 0.00562. The summed E-state index contributed by atoms with van der Waals surface area (Å²) in [4.78, 5) is 10.9. The molecule has 2 atom stereocenters. The van der Waals surface area contributed by atoms with E-state index in [1.54, 1.807) is 0 Å². The van der Waals surface area contributed by atoms with Crippen LogP contribution < -0.4 is 5.32 Å². The topological polar surface area (TPSA) is 29.1 Å². The highest BCUT2D eigenvalue weighted by atomic mass is 19.3. The first-order chi connectivity index (χ1) is 7.20. The van der Waals surface area contributed by atoms with Crippen LogP contribution in [0.4, 0.5) is 8.78 Å². The lowest BCUT2D eigenvalue weighted by Gasteiger charge is -2.26. The van der Waals surface area contributed by atoms with E-state index >= 15 is 0 Å². The highest BCUT2D eigenvalue weighted by molar-refractivity contribution is 5.73. The highest BCUT2D eigenvalue weighted by Gasteiger charge is 2.39. The van der Waals surface area contributed by atoms with Gasteiger partial charge in [0, 0.05) is 25.3 Å². The standard InChI is InChI=1S/C12H20F2NO/c1-9(16)15-11(2,3)6-4-10-5-7-12(13,14)8-10/h10H,2,4-8H2,1,3H3,(H,15,16). The number of carbonyl (C=O) groups excluding carboxylic acids is 1. The quantitative estimate of drug-likeness (QED) is 0.793. The molecule has 1 N–H and O–H groups in total. The molecule has 1 radical (unpaired) electrons. The summed E-state index contributed by atoms with van der Waals surface area (Å²) < 4.78 is 25.9. The van der Waals surface area contributed by atoms with Crippen LogP contribution in [0, 0.1) is 12.8 Å². The molecule has 0 aromatic carbocycles. The van der Waals surface area contributed by atoms with Gasteiger partial charge in [0.05, 0.1) is 0 Å². The van der Waals surface area contributed by atoms with Crippen molar-refractivity contribution in [3.63, 3.8) is 0 Å². The summed E-state index contributed by atoms with van der Waals surface area (Å²) in [5.74, 6) is -2.53. The lowest BCUT2D eigenvalue weighted by atomic mass is 9.91. The Morgan fingerprint density at radius 2 is 2.25 bits per heavy atom. The third kappa shape index (κ3) is 4.45. The van der Waals surface area contributed by atoms with Gasteiger partial charge in [0.25, 0.3) is 0 Å². The second kappa shape index (κ2) is 4.68. The zero-order valence-electron chi connectivity index (χ0n) is 9.98. The summed E-state index contributed by atoms with van der Waals surface area (Å²) in [6.07, 6.45) is 1.93. The van der Waals surface area contributed by atoms with E-state index in [0.29, 0.717) is 19.3 Å². The van der Waals surface area contributed by atoms with Crippen LogP contribution in [0.1, 0.15) is 46.0 Å². The number of nitrogens with one attached hydrogen (secondary N) is 1. The van der Waals surface area contributed by atoms with Gasteiger partial charge in [0.1, 0.15) is 0 Å². The van der Waals surface area contributed by atoms with Crippen molar-refractivity contribution in [2.24, 2.45) is 5.92 Å². The Balaban J connectivity index is 2.32. The number of amides is 1. The minimum Gasteiger partial charge on any atom is -0.351 e. The smallest absolute Gasteiger partial charge is 0.248 e. The number of hydrogen-bond acceptors (Lipinski definition) is 1. The molecule has 0 heterocycles. The predicted octanol–water partition coefficient (Wildman–Crippen LogP) is 2.93. The van der Waals surface area contributed by atoms with E-state index in [1.165, 1.54) is 6.92 Å². The van der Waals surface area contributed by atoms with Crippen LogP contribution in [-0.4, -0.2) is 17.4 Å². The fraction of sp³-hybridized carbons (Fsp3) is 0.833. The first kappa shape index (κ1) is 13.4. The molecule has 0 bridgehead atoms. The van der Waals surface area contributed by atoms with Gasteiger partial charge in [0.2, 0.25) is 11.8 Å². The molecule has 2 unspecified atom stereocenters. The molecule has 1 saturated carbocycles. The number of rotatable bonds is 4. The third-order valence-electron chi connectivity index (χ3n) is 3.09. The van der Waals surface area contributed by atoms with E-state index in [9.17, 15) is 13.6 Å². The van der Waals surface area contributed by atoms with E-state index in [2.05, 4.69) is 12.2 Å². The zero-order valence-corrected chi connectivity index (χ0v) is 9.98. The van der Waals surface area contributed by atoms with Crippen molar-refractivity contribution in [3.05, 3.63) is 6.92 Å². The van der Waals surface area contributed by atoms with Crippen molar-refractivity contribution in [1.29, 1.82) is 0 Å². The summed E-state index contributed by atoms with van der Waals surface area (Å²) in [6.45, 7) is 7.15. The maximum absolute atomic E-state index is 12.9. The number of hydrogen-bond donors (Lipinski definition) is 1. The van der Waals surface area contributed by atoms with Gasteiger partial charge in [-0.1, -0.05) is 0 Å². The van der Waals surface area contributed by atoms with Gasteiger partial charge in [-0.3, -0.25) is 4.79 Å². The van der Waals surface area contributed by atoms with Crippen LogP contribution in [0.2, 0.25) is 0 Å². The Hall–Kier alpha value is -0.670. The van der Waals surface area contributed by atoms with Crippen molar-refractivity contribution in [1.82, 2.24) is 5.32 Å². The third-order valence-corrected chi connectivity index (χ3v) is 3.09. The number of alkyl halides is 2. The van der Waals surface area contributed by atoms with E-state index in [4.69, 9.17) is 0 Å². The Bertz CT molecular complexity index is 264. The SMILES string of the molecule is [CH2]C(C)(CCC1CCC(F)(F)C1)NC(C)=O. The van der Waals surface area contributed by atoms with E-state index < -0.39 is 11.5 Å². The predicted molar refractivity (Wildman–Crippen MR) is 59.1 cm³/mol. The van der Waals surface area contributed by atoms with Crippen LogP contribution in [0.25, 0.3) is 0 Å². The Labute approximate surface area is 95.8 Å².